The molecule has 0 aromatic heterocycles. The Labute approximate surface area is 189 Å². The molecule has 11 heteroatoms. The molecule has 0 fully saturated rings. The average molecular weight is 491 g/mol. The summed E-state index contributed by atoms with van der Waals surface area (Å²) in [5.41, 5.74) is 0.730. The van der Waals surface area contributed by atoms with Crippen molar-refractivity contribution in [1.29, 1.82) is 0 Å². The van der Waals surface area contributed by atoms with Crippen molar-refractivity contribution in [2.24, 2.45) is 0 Å². The number of aryl methyl sites for hydroxylation is 1. The van der Waals surface area contributed by atoms with Gasteiger partial charge >= 0.3 is 0 Å². The summed E-state index contributed by atoms with van der Waals surface area (Å²) in [6.45, 7) is 6.45. The zero-order valence-corrected chi connectivity index (χ0v) is 20.3. The lowest BCUT2D eigenvalue weighted by Gasteiger charge is -2.20. The maximum Gasteiger partial charge on any atom is 0.261 e. The summed E-state index contributed by atoms with van der Waals surface area (Å²) in [7, 11) is -6.26. The molecule has 0 aliphatic heterocycles. The number of hydrogen-bond donors (Lipinski definition) is 1. The minimum Gasteiger partial charge on any atom is -0.491 e. The molecule has 0 saturated heterocycles. The standard InChI is InChI=1S/C20H27ClN2O6S2/c1-5-23(6-2)31(26,27)20-14-16(7-9-18(20)21)22-30(24,25)17-8-10-19(15(3)13-17)29-12-11-28-4/h7-10,13-14,22H,5-6,11-12H2,1-4H3. The maximum atomic E-state index is 12.9. The Morgan fingerprint density at radius 2 is 1.68 bits per heavy atom. The highest BCUT2D eigenvalue weighted by Crippen LogP contribution is 2.29. The van der Waals surface area contributed by atoms with Crippen LogP contribution in [-0.2, 0) is 24.8 Å². The van der Waals surface area contributed by atoms with Gasteiger partial charge in [0.15, 0.2) is 0 Å². The number of halogens is 1. The predicted molar refractivity (Wildman–Crippen MR) is 121 cm³/mol. The van der Waals surface area contributed by atoms with Crippen molar-refractivity contribution in [3.8, 4) is 5.75 Å². The van der Waals surface area contributed by atoms with Crippen molar-refractivity contribution in [3.05, 3.63) is 47.0 Å². The molecule has 0 heterocycles. The Balaban J connectivity index is 2.33. The van der Waals surface area contributed by atoms with Crippen LogP contribution in [0, 0.1) is 6.92 Å². The summed E-state index contributed by atoms with van der Waals surface area (Å²) in [5, 5.41) is 0.0169. The van der Waals surface area contributed by atoms with E-state index in [1.165, 1.54) is 34.6 Å². The molecule has 0 bridgehead atoms. The number of benzene rings is 2. The van der Waals surface area contributed by atoms with E-state index in [1.54, 1.807) is 33.9 Å². The average Bonchev–Trinajstić information content (AvgIpc) is 2.71. The molecule has 2 aromatic rings. The fourth-order valence-corrected chi connectivity index (χ4v) is 5.96. The molecule has 172 valence electrons. The fourth-order valence-electron chi connectivity index (χ4n) is 2.87. The van der Waals surface area contributed by atoms with Gasteiger partial charge in [-0.1, -0.05) is 25.4 Å². The van der Waals surface area contributed by atoms with E-state index < -0.39 is 20.0 Å². The van der Waals surface area contributed by atoms with Crippen LogP contribution in [0.4, 0.5) is 5.69 Å². The molecular weight excluding hydrogens is 464 g/mol. The van der Waals surface area contributed by atoms with Crippen molar-refractivity contribution in [1.82, 2.24) is 4.31 Å². The van der Waals surface area contributed by atoms with Gasteiger partial charge in [0.2, 0.25) is 10.0 Å². The monoisotopic (exact) mass is 490 g/mol. The minimum atomic E-state index is -3.97. The Hall–Kier alpha value is -1.85. The van der Waals surface area contributed by atoms with Crippen LogP contribution in [0.3, 0.4) is 0 Å². The number of hydrogen-bond acceptors (Lipinski definition) is 6. The molecule has 0 spiro atoms. The minimum absolute atomic E-state index is 0.0169. The second-order valence-corrected chi connectivity index (χ2v) is 10.6. The summed E-state index contributed by atoms with van der Waals surface area (Å²) in [5.74, 6) is 0.551. The van der Waals surface area contributed by atoms with Crippen LogP contribution in [-0.4, -0.2) is 54.6 Å². The van der Waals surface area contributed by atoms with Gasteiger partial charge in [-0.2, -0.15) is 4.31 Å². The van der Waals surface area contributed by atoms with Crippen LogP contribution >= 0.6 is 11.6 Å². The lowest BCUT2D eigenvalue weighted by molar-refractivity contribution is 0.146. The van der Waals surface area contributed by atoms with Crippen LogP contribution in [0.25, 0.3) is 0 Å². The van der Waals surface area contributed by atoms with E-state index in [1.807, 2.05) is 0 Å². The summed E-state index contributed by atoms with van der Waals surface area (Å²) < 4.78 is 65.5. The van der Waals surface area contributed by atoms with E-state index >= 15 is 0 Å². The third-order valence-corrected chi connectivity index (χ3v) is 8.42. The molecule has 0 atom stereocenters. The van der Waals surface area contributed by atoms with Crippen LogP contribution in [0.15, 0.2) is 46.2 Å². The SMILES string of the molecule is CCN(CC)S(=O)(=O)c1cc(NS(=O)(=O)c2ccc(OCCOC)c(C)c2)ccc1Cl. The summed E-state index contributed by atoms with van der Waals surface area (Å²) in [4.78, 5) is -0.136. The first-order chi connectivity index (χ1) is 14.6. The van der Waals surface area contributed by atoms with Crippen LogP contribution in [0.5, 0.6) is 5.75 Å². The number of ether oxygens (including phenoxy) is 2. The molecule has 0 amide bonds. The molecule has 8 nitrogen and oxygen atoms in total. The quantitative estimate of drug-likeness (QED) is 0.483. The van der Waals surface area contributed by atoms with Crippen molar-refractivity contribution in [2.45, 2.75) is 30.6 Å². The Morgan fingerprint density at radius 1 is 1.00 bits per heavy atom. The Bertz CT molecular complexity index is 1120. The molecule has 0 radical (unpaired) electrons. The van der Waals surface area contributed by atoms with Crippen molar-refractivity contribution in [2.75, 3.05) is 38.1 Å². The second kappa shape index (κ2) is 10.6. The highest BCUT2D eigenvalue weighted by atomic mass is 35.5. The predicted octanol–water partition coefficient (Wildman–Crippen LogP) is 3.50. The molecule has 2 rings (SSSR count). The van der Waals surface area contributed by atoms with Gasteiger partial charge in [0.05, 0.1) is 22.2 Å². The first-order valence-electron chi connectivity index (χ1n) is 9.61. The normalized spacial score (nSPS) is 12.2. The molecule has 31 heavy (non-hydrogen) atoms. The molecule has 2 aromatic carbocycles. The van der Waals surface area contributed by atoms with Gasteiger partial charge in [-0.15, -0.1) is 0 Å². The molecule has 1 N–H and O–H groups in total. The van der Waals surface area contributed by atoms with E-state index in [0.717, 1.165) is 0 Å². The first kappa shape index (κ1) is 25.4. The fraction of sp³-hybridized carbons (Fsp3) is 0.400. The molecule has 0 saturated carbocycles. The molecular formula is C20H27ClN2O6S2. The van der Waals surface area contributed by atoms with E-state index in [2.05, 4.69) is 4.72 Å². The third kappa shape index (κ3) is 6.11. The van der Waals surface area contributed by atoms with Gasteiger partial charge < -0.3 is 9.47 Å². The van der Waals surface area contributed by atoms with E-state index in [4.69, 9.17) is 21.1 Å². The summed E-state index contributed by atoms with van der Waals surface area (Å²) in [6, 6.07) is 8.46. The number of sulfonamides is 2. The highest BCUT2D eigenvalue weighted by molar-refractivity contribution is 7.92. The maximum absolute atomic E-state index is 12.9. The van der Waals surface area contributed by atoms with Crippen LogP contribution < -0.4 is 9.46 Å². The summed E-state index contributed by atoms with van der Waals surface area (Å²) in [6.07, 6.45) is 0. The van der Waals surface area contributed by atoms with E-state index in [9.17, 15) is 16.8 Å². The lowest BCUT2D eigenvalue weighted by atomic mass is 10.2. The number of methoxy groups -OCH3 is 1. The number of rotatable bonds is 11. The van der Waals surface area contributed by atoms with Gasteiger partial charge in [-0.3, -0.25) is 4.72 Å². The largest absolute Gasteiger partial charge is 0.491 e. The number of anilines is 1. The number of nitrogens with one attached hydrogen (secondary N) is 1. The van der Waals surface area contributed by atoms with E-state index in [-0.39, 0.29) is 33.6 Å². The van der Waals surface area contributed by atoms with Crippen LogP contribution in [0.2, 0.25) is 5.02 Å². The highest BCUT2D eigenvalue weighted by Gasteiger charge is 2.25. The third-order valence-electron chi connectivity index (χ3n) is 4.51. The van der Waals surface area contributed by atoms with Gasteiger partial charge in [-0.05, 0) is 48.9 Å². The first-order valence-corrected chi connectivity index (χ1v) is 12.9. The van der Waals surface area contributed by atoms with Gasteiger partial charge in [-0.25, -0.2) is 16.8 Å². The van der Waals surface area contributed by atoms with Gasteiger partial charge in [0.1, 0.15) is 17.3 Å². The smallest absolute Gasteiger partial charge is 0.261 e. The van der Waals surface area contributed by atoms with Gasteiger partial charge in [0.25, 0.3) is 10.0 Å². The Morgan fingerprint density at radius 3 is 2.26 bits per heavy atom. The molecule has 0 aliphatic rings. The van der Waals surface area contributed by atoms with Crippen molar-refractivity contribution >= 4 is 37.3 Å². The lowest BCUT2D eigenvalue weighted by Crippen LogP contribution is -2.30. The molecule has 0 unspecified atom stereocenters. The topological polar surface area (TPSA) is 102 Å². The number of nitrogens with zero attached hydrogens (tertiary/aromatic N) is 1. The van der Waals surface area contributed by atoms with E-state index in [0.29, 0.717) is 24.5 Å². The van der Waals surface area contributed by atoms with Crippen molar-refractivity contribution in [3.63, 3.8) is 0 Å². The zero-order valence-electron chi connectivity index (χ0n) is 17.9. The van der Waals surface area contributed by atoms with Crippen LogP contribution in [0.1, 0.15) is 19.4 Å². The van der Waals surface area contributed by atoms with Crippen molar-refractivity contribution < 1.29 is 26.3 Å². The zero-order chi connectivity index (χ0) is 23.2. The Kier molecular flexibility index (Phi) is 8.73. The van der Waals surface area contributed by atoms with Gasteiger partial charge in [0, 0.05) is 20.2 Å². The second-order valence-electron chi connectivity index (χ2n) is 6.61. The molecule has 0 aliphatic carbocycles. The summed E-state index contributed by atoms with van der Waals surface area (Å²) >= 11 is 6.11.